The molecule has 0 atom stereocenters. The first-order valence-electron chi connectivity index (χ1n) is 4.14. The molecule has 4 heteroatoms. The standard InChI is InChI=1S/C9H10ClN3/c10-9-7-2-1-6(3-4-11)5-8(7)12-13-9/h1-2,5H,3-4,11H2,(H,12,13). The number of rotatable bonds is 2. The van der Waals surface area contributed by atoms with E-state index >= 15 is 0 Å². The highest BCUT2D eigenvalue weighted by Gasteiger charge is 2.02. The van der Waals surface area contributed by atoms with Crippen molar-refractivity contribution in [1.82, 2.24) is 10.2 Å². The van der Waals surface area contributed by atoms with Crippen LogP contribution in [0, 0.1) is 0 Å². The quantitative estimate of drug-likeness (QED) is 0.767. The maximum atomic E-state index is 5.86. The van der Waals surface area contributed by atoms with Gasteiger partial charge in [-0.05, 0) is 30.7 Å². The zero-order valence-corrected chi connectivity index (χ0v) is 7.80. The predicted octanol–water partition coefficient (Wildman–Crippen LogP) is 1.72. The minimum absolute atomic E-state index is 0.592. The van der Waals surface area contributed by atoms with E-state index in [9.17, 15) is 0 Å². The van der Waals surface area contributed by atoms with E-state index < -0.39 is 0 Å². The van der Waals surface area contributed by atoms with E-state index in [1.807, 2.05) is 18.2 Å². The van der Waals surface area contributed by atoms with E-state index in [1.165, 1.54) is 5.56 Å². The fourth-order valence-electron chi connectivity index (χ4n) is 1.35. The number of nitrogens with two attached hydrogens (primary N) is 1. The summed E-state index contributed by atoms with van der Waals surface area (Å²) in [5.41, 5.74) is 7.55. The van der Waals surface area contributed by atoms with Gasteiger partial charge in [0.2, 0.25) is 0 Å². The zero-order valence-electron chi connectivity index (χ0n) is 7.05. The van der Waals surface area contributed by atoms with E-state index in [2.05, 4.69) is 10.2 Å². The molecule has 3 N–H and O–H groups in total. The van der Waals surface area contributed by atoms with Crippen LogP contribution in [0.2, 0.25) is 5.15 Å². The van der Waals surface area contributed by atoms with Crippen molar-refractivity contribution in [2.45, 2.75) is 6.42 Å². The van der Waals surface area contributed by atoms with Crippen LogP contribution >= 0.6 is 11.6 Å². The topological polar surface area (TPSA) is 54.7 Å². The molecule has 1 heterocycles. The van der Waals surface area contributed by atoms with Gasteiger partial charge in [-0.2, -0.15) is 5.10 Å². The smallest absolute Gasteiger partial charge is 0.132 e. The Kier molecular flexibility index (Phi) is 2.20. The highest BCUT2D eigenvalue weighted by atomic mass is 35.5. The molecular weight excluding hydrogens is 186 g/mol. The molecule has 0 amide bonds. The summed E-state index contributed by atoms with van der Waals surface area (Å²) in [6.45, 7) is 0.656. The highest BCUT2D eigenvalue weighted by molar-refractivity contribution is 6.34. The second-order valence-corrected chi connectivity index (χ2v) is 3.31. The fourth-order valence-corrected chi connectivity index (χ4v) is 1.55. The van der Waals surface area contributed by atoms with Crippen molar-refractivity contribution in [3.63, 3.8) is 0 Å². The Hall–Kier alpha value is -1.06. The molecule has 0 radical (unpaired) electrons. The van der Waals surface area contributed by atoms with Crippen molar-refractivity contribution < 1.29 is 0 Å². The molecule has 0 fully saturated rings. The molecule has 0 saturated heterocycles. The number of H-pyrrole nitrogens is 1. The average Bonchev–Trinajstić information content (AvgIpc) is 2.48. The van der Waals surface area contributed by atoms with Gasteiger partial charge in [0.25, 0.3) is 0 Å². The summed E-state index contributed by atoms with van der Waals surface area (Å²) < 4.78 is 0. The number of aromatic nitrogens is 2. The largest absolute Gasteiger partial charge is 0.330 e. The molecule has 0 unspecified atom stereocenters. The first kappa shape index (κ1) is 8.53. The molecule has 0 saturated carbocycles. The van der Waals surface area contributed by atoms with Crippen molar-refractivity contribution >= 4 is 22.5 Å². The molecule has 0 spiro atoms. The monoisotopic (exact) mass is 195 g/mol. The molecule has 0 aliphatic carbocycles. The lowest BCUT2D eigenvalue weighted by molar-refractivity contribution is 0.970. The van der Waals surface area contributed by atoms with Crippen LogP contribution in [0.3, 0.4) is 0 Å². The summed E-state index contributed by atoms with van der Waals surface area (Å²) in [4.78, 5) is 0. The third-order valence-electron chi connectivity index (χ3n) is 2.01. The predicted molar refractivity (Wildman–Crippen MR) is 53.9 cm³/mol. The van der Waals surface area contributed by atoms with Crippen LogP contribution in [0.4, 0.5) is 0 Å². The van der Waals surface area contributed by atoms with Gasteiger partial charge < -0.3 is 5.73 Å². The van der Waals surface area contributed by atoms with Gasteiger partial charge in [0.05, 0.1) is 5.52 Å². The van der Waals surface area contributed by atoms with Crippen molar-refractivity contribution in [3.05, 3.63) is 28.9 Å². The van der Waals surface area contributed by atoms with Crippen molar-refractivity contribution in [3.8, 4) is 0 Å². The molecule has 13 heavy (non-hydrogen) atoms. The first-order valence-corrected chi connectivity index (χ1v) is 4.51. The van der Waals surface area contributed by atoms with Gasteiger partial charge in [0.15, 0.2) is 0 Å². The Balaban J connectivity index is 2.50. The Morgan fingerprint density at radius 2 is 2.31 bits per heavy atom. The van der Waals surface area contributed by atoms with Gasteiger partial charge in [-0.15, -0.1) is 0 Å². The summed E-state index contributed by atoms with van der Waals surface area (Å²) in [7, 11) is 0. The van der Waals surface area contributed by atoms with Gasteiger partial charge in [0.1, 0.15) is 5.15 Å². The Morgan fingerprint density at radius 1 is 1.46 bits per heavy atom. The van der Waals surface area contributed by atoms with Gasteiger partial charge >= 0.3 is 0 Å². The lowest BCUT2D eigenvalue weighted by Gasteiger charge is -1.96. The third kappa shape index (κ3) is 1.53. The number of hydrogen-bond donors (Lipinski definition) is 2. The maximum Gasteiger partial charge on any atom is 0.132 e. The normalized spacial score (nSPS) is 10.9. The van der Waals surface area contributed by atoms with Crippen LogP contribution in [0.25, 0.3) is 10.9 Å². The van der Waals surface area contributed by atoms with E-state index in [1.54, 1.807) is 0 Å². The van der Waals surface area contributed by atoms with Crippen molar-refractivity contribution in [2.24, 2.45) is 5.73 Å². The second kappa shape index (κ2) is 3.36. The highest BCUT2D eigenvalue weighted by Crippen LogP contribution is 2.21. The van der Waals surface area contributed by atoms with Crippen LogP contribution in [0.5, 0.6) is 0 Å². The van der Waals surface area contributed by atoms with Gasteiger partial charge in [0, 0.05) is 5.39 Å². The van der Waals surface area contributed by atoms with Crippen molar-refractivity contribution in [1.29, 1.82) is 0 Å². The van der Waals surface area contributed by atoms with Gasteiger partial charge in [-0.25, -0.2) is 0 Å². The minimum Gasteiger partial charge on any atom is -0.330 e. The van der Waals surface area contributed by atoms with Gasteiger partial charge in [-0.1, -0.05) is 17.7 Å². The number of halogens is 1. The number of benzene rings is 1. The summed E-state index contributed by atoms with van der Waals surface area (Å²) in [5, 5.41) is 8.35. The molecule has 0 bridgehead atoms. The van der Waals surface area contributed by atoms with E-state index in [0.717, 1.165) is 17.3 Å². The molecule has 2 rings (SSSR count). The molecule has 2 aromatic rings. The SMILES string of the molecule is NCCc1ccc2c(Cl)[nH]nc2c1. The molecule has 1 aromatic carbocycles. The summed E-state index contributed by atoms with van der Waals surface area (Å²) in [6, 6.07) is 5.99. The lowest BCUT2D eigenvalue weighted by Crippen LogP contribution is -2.02. The number of nitrogens with zero attached hydrogens (tertiary/aromatic N) is 1. The summed E-state index contributed by atoms with van der Waals surface area (Å²) in [6.07, 6.45) is 0.875. The van der Waals surface area contributed by atoms with E-state index in [0.29, 0.717) is 11.7 Å². The molecule has 68 valence electrons. The van der Waals surface area contributed by atoms with E-state index in [-0.39, 0.29) is 0 Å². The van der Waals surface area contributed by atoms with E-state index in [4.69, 9.17) is 17.3 Å². The number of hydrogen-bond acceptors (Lipinski definition) is 2. The van der Waals surface area contributed by atoms with Crippen LogP contribution in [0.15, 0.2) is 18.2 Å². The van der Waals surface area contributed by atoms with Crippen LogP contribution in [-0.4, -0.2) is 16.7 Å². The minimum atomic E-state index is 0.592. The maximum absolute atomic E-state index is 5.86. The summed E-state index contributed by atoms with van der Waals surface area (Å²) >= 11 is 5.86. The number of fused-ring (bicyclic) bond motifs is 1. The van der Waals surface area contributed by atoms with Crippen LogP contribution in [-0.2, 0) is 6.42 Å². The van der Waals surface area contributed by atoms with Crippen LogP contribution in [0.1, 0.15) is 5.56 Å². The number of aromatic amines is 1. The Labute approximate surface area is 80.9 Å². The Bertz CT molecular complexity index is 422. The van der Waals surface area contributed by atoms with Crippen LogP contribution < -0.4 is 5.73 Å². The first-order chi connectivity index (χ1) is 6.31. The molecule has 0 aliphatic heterocycles. The average molecular weight is 196 g/mol. The summed E-state index contributed by atoms with van der Waals surface area (Å²) in [5.74, 6) is 0. The molecule has 3 nitrogen and oxygen atoms in total. The molecule has 1 aromatic heterocycles. The molecule has 0 aliphatic rings. The second-order valence-electron chi connectivity index (χ2n) is 2.93. The van der Waals surface area contributed by atoms with Crippen molar-refractivity contribution in [2.75, 3.05) is 6.54 Å². The van der Waals surface area contributed by atoms with Gasteiger partial charge in [-0.3, -0.25) is 5.10 Å². The fraction of sp³-hybridized carbons (Fsp3) is 0.222. The zero-order chi connectivity index (χ0) is 9.26. The lowest BCUT2D eigenvalue weighted by atomic mass is 10.1. The number of nitrogens with one attached hydrogen (secondary N) is 1. The molecular formula is C9H10ClN3. The Morgan fingerprint density at radius 3 is 3.08 bits per heavy atom. The third-order valence-corrected chi connectivity index (χ3v) is 2.29.